The summed E-state index contributed by atoms with van der Waals surface area (Å²) in [5, 5.41) is 35.7. The van der Waals surface area contributed by atoms with Crippen LogP contribution in [0.5, 0.6) is 0 Å². The van der Waals surface area contributed by atoms with Gasteiger partial charge in [-0.1, -0.05) is 41.5 Å². The van der Waals surface area contributed by atoms with Gasteiger partial charge < -0.3 is 25.2 Å². The molecule has 152 valence electrons. The highest BCUT2D eigenvalue weighted by molar-refractivity contribution is 5.70. The normalized spacial score (nSPS) is 21.4. The van der Waals surface area contributed by atoms with E-state index in [0.29, 0.717) is 12.8 Å². The molecule has 0 amide bonds. The highest BCUT2D eigenvalue weighted by Crippen LogP contribution is 2.18. The van der Waals surface area contributed by atoms with Gasteiger partial charge in [-0.2, -0.15) is 0 Å². The quantitative estimate of drug-likeness (QED) is 0.486. The standard InChI is InChI=1S/C8H16O4.C8H14O3.2CH4/c1-2-3-6(9)4-7(10)5-8(11)12;1-2-3-7-4-6(9)5-8(10)11-7;;/h6-7,9-10H,2-5H2,1H3,(H,11,12);6-7,9H,2-5H2,1H3;2*1H4/t2*6-,7-;;/m11../s1. The number of hydrogen-bond donors (Lipinski definition) is 4. The molecule has 4 atom stereocenters. The minimum Gasteiger partial charge on any atom is -0.481 e. The zero-order valence-corrected chi connectivity index (χ0v) is 14.0. The summed E-state index contributed by atoms with van der Waals surface area (Å²) in [5.41, 5.74) is 0. The second-order valence-corrected chi connectivity index (χ2v) is 5.92. The Bertz CT molecular complexity index is 346. The van der Waals surface area contributed by atoms with Crippen molar-refractivity contribution in [1.82, 2.24) is 0 Å². The van der Waals surface area contributed by atoms with E-state index in [2.05, 4.69) is 0 Å². The summed E-state index contributed by atoms with van der Waals surface area (Å²) < 4.78 is 5.00. The van der Waals surface area contributed by atoms with Crippen LogP contribution in [0.25, 0.3) is 0 Å². The van der Waals surface area contributed by atoms with Gasteiger partial charge in [-0.25, -0.2) is 0 Å². The van der Waals surface area contributed by atoms with Gasteiger partial charge in [-0.15, -0.1) is 0 Å². The number of carboxylic acids is 1. The van der Waals surface area contributed by atoms with Crippen LogP contribution >= 0.6 is 0 Å². The molecular formula is C18H38O7. The fraction of sp³-hybridized carbons (Fsp3) is 0.889. The van der Waals surface area contributed by atoms with Crippen molar-refractivity contribution in [3.8, 4) is 0 Å². The molecule has 1 aliphatic heterocycles. The topological polar surface area (TPSA) is 124 Å². The van der Waals surface area contributed by atoms with Crippen molar-refractivity contribution in [2.24, 2.45) is 0 Å². The monoisotopic (exact) mass is 366 g/mol. The van der Waals surface area contributed by atoms with Crippen molar-refractivity contribution < 1.29 is 34.8 Å². The van der Waals surface area contributed by atoms with E-state index in [4.69, 9.17) is 14.9 Å². The number of ether oxygens (including phenoxy) is 1. The first-order valence-corrected chi connectivity index (χ1v) is 8.23. The molecule has 0 bridgehead atoms. The molecule has 1 aliphatic rings. The van der Waals surface area contributed by atoms with Crippen molar-refractivity contribution in [2.75, 3.05) is 0 Å². The molecule has 4 N–H and O–H groups in total. The second kappa shape index (κ2) is 16.3. The Morgan fingerprint density at radius 2 is 1.80 bits per heavy atom. The summed E-state index contributed by atoms with van der Waals surface area (Å²) in [6, 6.07) is 0. The third kappa shape index (κ3) is 16.1. The molecule has 0 saturated carbocycles. The minimum absolute atomic E-state index is 0. The third-order valence-corrected chi connectivity index (χ3v) is 3.42. The minimum atomic E-state index is -1.04. The van der Waals surface area contributed by atoms with E-state index in [1.807, 2.05) is 13.8 Å². The molecule has 0 aliphatic carbocycles. The lowest BCUT2D eigenvalue weighted by Crippen LogP contribution is -2.32. The SMILES string of the molecule is C.C.CCC[C@@H](O)C[C@@H](O)CC(=O)O.CCC[C@@H]1C[C@@H](O)CC(=O)O1. The van der Waals surface area contributed by atoms with E-state index in [1.54, 1.807) is 0 Å². The maximum Gasteiger partial charge on any atom is 0.308 e. The number of rotatable bonds is 8. The van der Waals surface area contributed by atoms with Gasteiger partial charge in [0.05, 0.1) is 31.2 Å². The van der Waals surface area contributed by atoms with Crippen LogP contribution in [0.1, 0.15) is 80.1 Å². The van der Waals surface area contributed by atoms with E-state index >= 15 is 0 Å². The van der Waals surface area contributed by atoms with Gasteiger partial charge in [0.15, 0.2) is 0 Å². The van der Waals surface area contributed by atoms with Crippen molar-refractivity contribution in [2.45, 2.75) is 104 Å². The lowest BCUT2D eigenvalue weighted by Gasteiger charge is -2.25. The molecule has 0 aromatic carbocycles. The number of aliphatic hydroxyl groups is 3. The van der Waals surface area contributed by atoms with E-state index < -0.39 is 24.3 Å². The molecule has 0 radical (unpaired) electrons. The summed E-state index contributed by atoms with van der Waals surface area (Å²) >= 11 is 0. The number of esters is 1. The van der Waals surface area contributed by atoms with Crippen LogP contribution in [-0.2, 0) is 14.3 Å². The van der Waals surface area contributed by atoms with Crippen LogP contribution in [0.15, 0.2) is 0 Å². The summed E-state index contributed by atoms with van der Waals surface area (Å²) in [6.07, 6.45) is 1.91. The zero-order valence-electron chi connectivity index (χ0n) is 14.0. The Morgan fingerprint density at radius 3 is 2.24 bits per heavy atom. The smallest absolute Gasteiger partial charge is 0.308 e. The van der Waals surface area contributed by atoms with Crippen LogP contribution < -0.4 is 0 Å². The average molecular weight is 366 g/mol. The van der Waals surface area contributed by atoms with Gasteiger partial charge in [0.2, 0.25) is 0 Å². The third-order valence-electron chi connectivity index (χ3n) is 3.42. The van der Waals surface area contributed by atoms with E-state index in [9.17, 15) is 19.8 Å². The van der Waals surface area contributed by atoms with Crippen molar-refractivity contribution >= 4 is 11.9 Å². The van der Waals surface area contributed by atoms with Crippen LogP contribution in [0.2, 0.25) is 0 Å². The number of carboxylic acid groups (broad SMARTS) is 1. The van der Waals surface area contributed by atoms with Gasteiger partial charge in [-0.05, 0) is 19.3 Å². The fourth-order valence-electron chi connectivity index (χ4n) is 2.41. The van der Waals surface area contributed by atoms with Gasteiger partial charge in [0, 0.05) is 6.42 Å². The highest BCUT2D eigenvalue weighted by Gasteiger charge is 2.26. The summed E-state index contributed by atoms with van der Waals surface area (Å²) in [4.78, 5) is 20.9. The number of aliphatic carboxylic acids is 1. The molecule has 1 heterocycles. The first-order chi connectivity index (χ1) is 10.8. The highest BCUT2D eigenvalue weighted by atomic mass is 16.5. The first kappa shape index (κ1) is 28.6. The van der Waals surface area contributed by atoms with Crippen LogP contribution in [0.4, 0.5) is 0 Å². The number of carbonyl (C=O) groups is 2. The average Bonchev–Trinajstić information content (AvgIpc) is 2.37. The van der Waals surface area contributed by atoms with Gasteiger partial charge in [-0.3, -0.25) is 9.59 Å². The summed E-state index contributed by atoms with van der Waals surface area (Å²) in [6.45, 7) is 3.96. The Hall–Kier alpha value is -1.18. The summed E-state index contributed by atoms with van der Waals surface area (Å²) in [5.74, 6) is -1.30. The zero-order chi connectivity index (χ0) is 17.8. The Kier molecular flexibility index (Phi) is 18.7. The van der Waals surface area contributed by atoms with E-state index in [0.717, 1.165) is 19.3 Å². The van der Waals surface area contributed by atoms with Crippen molar-refractivity contribution in [3.05, 3.63) is 0 Å². The Balaban J connectivity index is -0.000000359. The van der Waals surface area contributed by atoms with Gasteiger partial charge in [0.1, 0.15) is 6.10 Å². The van der Waals surface area contributed by atoms with Crippen LogP contribution in [-0.4, -0.2) is 56.8 Å². The molecule has 0 aromatic heterocycles. The summed E-state index contributed by atoms with van der Waals surface area (Å²) in [7, 11) is 0. The number of cyclic esters (lactones) is 1. The molecule has 1 saturated heterocycles. The largest absolute Gasteiger partial charge is 0.481 e. The number of carbonyl (C=O) groups excluding carboxylic acids is 1. The van der Waals surface area contributed by atoms with Gasteiger partial charge >= 0.3 is 11.9 Å². The maximum atomic E-state index is 10.8. The first-order valence-electron chi connectivity index (χ1n) is 8.23. The van der Waals surface area contributed by atoms with E-state index in [-0.39, 0.29) is 46.2 Å². The molecule has 7 heteroatoms. The molecule has 25 heavy (non-hydrogen) atoms. The molecule has 7 nitrogen and oxygen atoms in total. The predicted molar refractivity (Wildman–Crippen MR) is 97.3 cm³/mol. The fourth-order valence-corrected chi connectivity index (χ4v) is 2.41. The second-order valence-electron chi connectivity index (χ2n) is 5.92. The Labute approximate surface area is 152 Å². The maximum absolute atomic E-state index is 10.8. The van der Waals surface area contributed by atoms with Crippen molar-refractivity contribution in [3.63, 3.8) is 0 Å². The molecular weight excluding hydrogens is 328 g/mol. The van der Waals surface area contributed by atoms with E-state index in [1.165, 1.54) is 0 Å². The molecule has 0 unspecified atom stereocenters. The van der Waals surface area contributed by atoms with Crippen LogP contribution in [0, 0.1) is 0 Å². The van der Waals surface area contributed by atoms with Crippen molar-refractivity contribution in [1.29, 1.82) is 0 Å². The Morgan fingerprint density at radius 1 is 1.20 bits per heavy atom. The molecule has 1 fully saturated rings. The lowest BCUT2D eigenvalue weighted by atomic mass is 10.0. The van der Waals surface area contributed by atoms with Gasteiger partial charge in [0.25, 0.3) is 0 Å². The molecule has 0 spiro atoms. The van der Waals surface area contributed by atoms with Crippen LogP contribution in [0.3, 0.4) is 0 Å². The predicted octanol–water partition coefficient (Wildman–Crippen LogP) is 2.50. The molecule has 0 aromatic rings. The molecule has 1 rings (SSSR count). The number of hydrogen-bond acceptors (Lipinski definition) is 6. The number of aliphatic hydroxyl groups excluding tert-OH is 3. The lowest BCUT2D eigenvalue weighted by molar-refractivity contribution is -0.160.